The molecule has 0 aliphatic carbocycles. The fourth-order valence-corrected chi connectivity index (χ4v) is 3.86. The topological polar surface area (TPSA) is 93.7 Å². The zero-order valence-electron chi connectivity index (χ0n) is 19.2. The van der Waals surface area contributed by atoms with Gasteiger partial charge in [0.25, 0.3) is 11.8 Å². The molecule has 180 valence electrons. The molecule has 1 N–H and O–H groups in total. The van der Waals surface area contributed by atoms with E-state index in [-0.39, 0.29) is 12.5 Å². The standard InChI is InChI=1S/C27H21FN4O4/c1-17-2-4-18(5-3-17)25(26(33)31-20-8-6-19(28)7-9-20)32(27(34)22-15-29-12-13-30-22)21-10-11-23-24(14-21)36-16-35-23/h2-15,25H,16H2,1H3,(H,31,33)/t25-/m1/s1. The van der Waals surface area contributed by atoms with Crippen LogP contribution in [0.1, 0.15) is 27.7 Å². The Bertz CT molecular complexity index is 1400. The van der Waals surface area contributed by atoms with Gasteiger partial charge in [-0.15, -0.1) is 0 Å². The number of halogens is 1. The van der Waals surface area contributed by atoms with E-state index in [2.05, 4.69) is 15.3 Å². The van der Waals surface area contributed by atoms with Crippen molar-refractivity contribution in [3.8, 4) is 11.5 Å². The van der Waals surface area contributed by atoms with Crippen LogP contribution in [0.25, 0.3) is 0 Å². The number of aryl methyl sites for hydroxylation is 1. The molecule has 0 saturated heterocycles. The van der Waals surface area contributed by atoms with Gasteiger partial charge < -0.3 is 14.8 Å². The summed E-state index contributed by atoms with van der Waals surface area (Å²) < 4.78 is 24.4. The summed E-state index contributed by atoms with van der Waals surface area (Å²) in [5.74, 6) is -0.482. The second kappa shape index (κ2) is 9.83. The van der Waals surface area contributed by atoms with Crippen LogP contribution in [0.3, 0.4) is 0 Å². The van der Waals surface area contributed by atoms with Crippen LogP contribution in [-0.4, -0.2) is 28.6 Å². The Kier molecular flexibility index (Phi) is 6.27. The minimum atomic E-state index is -1.11. The Morgan fingerprint density at radius 3 is 2.44 bits per heavy atom. The van der Waals surface area contributed by atoms with E-state index in [1.807, 2.05) is 19.1 Å². The smallest absolute Gasteiger partial charge is 0.279 e. The van der Waals surface area contributed by atoms with Gasteiger partial charge in [0.15, 0.2) is 11.5 Å². The van der Waals surface area contributed by atoms with Gasteiger partial charge in [0, 0.05) is 29.8 Å². The van der Waals surface area contributed by atoms with E-state index in [4.69, 9.17) is 9.47 Å². The highest BCUT2D eigenvalue weighted by atomic mass is 19.1. The van der Waals surface area contributed by atoms with Crippen LogP contribution in [0.2, 0.25) is 0 Å². The number of carbonyl (C=O) groups excluding carboxylic acids is 2. The van der Waals surface area contributed by atoms with Crippen LogP contribution < -0.4 is 19.7 Å². The molecule has 2 amide bonds. The third kappa shape index (κ3) is 4.72. The first-order valence-corrected chi connectivity index (χ1v) is 11.1. The number of rotatable bonds is 6. The van der Waals surface area contributed by atoms with Crippen molar-refractivity contribution in [2.45, 2.75) is 13.0 Å². The van der Waals surface area contributed by atoms with Crippen molar-refractivity contribution in [3.05, 3.63) is 108 Å². The maximum atomic E-state index is 13.9. The van der Waals surface area contributed by atoms with Crippen LogP contribution in [-0.2, 0) is 4.79 Å². The molecule has 0 radical (unpaired) electrons. The summed E-state index contributed by atoms with van der Waals surface area (Å²) in [5, 5.41) is 2.80. The Morgan fingerprint density at radius 2 is 1.72 bits per heavy atom. The maximum Gasteiger partial charge on any atom is 0.279 e. The van der Waals surface area contributed by atoms with Crippen molar-refractivity contribution in [2.24, 2.45) is 0 Å². The third-order valence-corrected chi connectivity index (χ3v) is 5.65. The SMILES string of the molecule is Cc1ccc([C@H](C(=O)Nc2ccc(F)cc2)N(C(=O)c2cnccn2)c2ccc3c(c2)OCO3)cc1. The monoisotopic (exact) mass is 484 g/mol. The molecule has 4 aromatic rings. The van der Waals surface area contributed by atoms with Gasteiger partial charge in [-0.25, -0.2) is 9.37 Å². The van der Waals surface area contributed by atoms with Crippen LogP contribution in [0, 0.1) is 12.7 Å². The molecule has 1 aromatic heterocycles. The highest BCUT2D eigenvalue weighted by Crippen LogP contribution is 2.39. The highest BCUT2D eigenvalue weighted by molar-refractivity contribution is 6.11. The van der Waals surface area contributed by atoms with E-state index in [0.717, 1.165) is 5.56 Å². The first-order valence-electron chi connectivity index (χ1n) is 11.1. The number of nitrogens with zero attached hydrogens (tertiary/aromatic N) is 3. The Labute approximate surface area is 206 Å². The lowest BCUT2D eigenvalue weighted by atomic mass is 10.0. The highest BCUT2D eigenvalue weighted by Gasteiger charge is 2.35. The summed E-state index contributed by atoms with van der Waals surface area (Å²) in [5.41, 5.74) is 2.40. The molecule has 1 aliphatic rings. The fourth-order valence-electron chi connectivity index (χ4n) is 3.86. The molecule has 2 heterocycles. The second-order valence-corrected chi connectivity index (χ2v) is 8.11. The minimum Gasteiger partial charge on any atom is -0.454 e. The average Bonchev–Trinajstić information content (AvgIpc) is 3.37. The molecule has 36 heavy (non-hydrogen) atoms. The second-order valence-electron chi connectivity index (χ2n) is 8.11. The van der Waals surface area contributed by atoms with E-state index in [1.165, 1.54) is 47.8 Å². The minimum absolute atomic E-state index is 0.0573. The predicted octanol–water partition coefficient (Wildman–Crippen LogP) is 4.68. The molecule has 9 heteroatoms. The van der Waals surface area contributed by atoms with Crippen molar-refractivity contribution in [1.82, 2.24) is 9.97 Å². The molecular formula is C27H21FN4O4. The quantitative estimate of drug-likeness (QED) is 0.427. The summed E-state index contributed by atoms with van der Waals surface area (Å²) in [6.07, 6.45) is 4.21. The molecule has 8 nitrogen and oxygen atoms in total. The molecule has 0 unspecified atom stereocenters. The number of anilines is 2. The molecule has 5 rings (SSSR count). The number of fused-ring (bicyclic) bond motifs is 1. The van der Waals surface area contributed by atoms with E-state index in [9.17, 15) is 14.0 Å². The first kappa shape index (κ1) is 23.0. The van der Waals surface area contributed by atoms with Gasteiger partial charge in [-0.2, -0.15) is 0 Å². The number of nitrogens with one attached hydrogen (secondary N) is 1. The Balaban J connectivity index is 1.63. The lowest BCUT2D eigenvalue weighted by Crippen LogP contribution is -2.42. The van der Waals surface area contributed by atoms with Crippen molar-refractivity contribution >= 4 is 23.2 Å². The summed E-state index contributed by atoms with van der Waals surface area (Å²) in [4.78, 5) is 37.1. The van der Waals surface area contributed by atoms with Gasteiger partial charge in [0.1, 0.15) is 17.6 Å². The van der Waals surface area contributed by atoms with Crippen molar-refractivity contribution < 1.29 is 23.5 Å². The van der Waals surface area contributed by atoms with E-state index < -0.39 is 23.7 Å². The van der Waals surface area contributed by atoms with Crippen molar-refractivity contribution in [1.29, 1.82) is 0 Å². The van der Waals surface area contributed by atoms with E-state index in [1.54, 1.807) is 30.3 Å². The van der Waals surface area contributed by atoms with Gasteiger partial charge in [0.2, 0.25) is 6.79 Å². The Morgan fingerprint density at radius 1 is 0.972 bits per heavy atom. The number of ether oxygens (including phenoxy) is 2. The first-order chi connectivity index (χ1) is 17.5. The summed E-state index contributed by atoms with van der Waals surface area (Å²) in [7, 11) is 0. The number of amides is 2. The van der Waals surface area contributed by atoms with E-state index >= 15 is 0 Å². The number of aromatic nitrogens is 2. The van der Waals surface area contributed by atoms with Gasteiger partial charge >= 0.3 is 0 Å². The number of carbonyl (C=O) groups is 2. The number of hydrogen-bond acceptors (Lipinski definition) is 6. The predicted molar refractivity (Wildman–Crippen MR) is 130 cm³/mol. The van der Waals surface area contributed by atoms with Crippen LogP contribution in [0.5, 0.6) is 11.5 Å². The summed E-state index contributed by atoms with van der Waals surface area (Å²) in [6.45, 7) is 1.99. The molecule has 1 aliphatic heterocycles. The molecule has 1 atom stereocenters. The maximum absolute atomic E-state index is 13.9. The zero-order chi connectivity index (χ0) is 25.1. The zero-order valence-corrected chi connectivity index (χ0v) is 19.2. The molecular weight excluding hydrogens is 463 g/mol. The largest absolute Gasteiger partial charge is 0.454 e. The van der Waals surface area contributed by atoms with Gasteiger partial charge in [-0.05, 0) is 48.9 Å². The van der Waals surface area contributed by atoms with Gasteiger partial charge in [-0.3, -0.25) is 19.5 Å². The van der Waals surface area contributed by atoms with Crippen LogP contribution in [0.15, 0.2) is 85.3 Å². The molecule has 0 fully saturated rings. The van der Waals surface area contributed by atoms with Gasteiger partial charge in [-0.1, -0.05) is 29.8 Å². The lowest BCUT2D eigenvalue weighted by molar-refractivity contribution is -0.117. The summed E-state index contributed by atoms with van der Waals surface area (Å²) in [6, 6.07) is 16.6. The average molecular weight is 484 g/mol. The molecule has 0 bridgehead atoms. The number of benzene rings is 3. The summed E-state index contributed by atoms with van der Waals surface area (Å²) >= 11 is 0. The normalized spacial score (nSPS) is 12.6. The molecule has 3 aromatic carbocycles. The third-order valence-electron chi connectivity index (χ3n) is 5.65. The van der Waals surface area contributed by atoms with Gasteiger partial charge in [0.05, 0.1) is 6.20 Å². The van der Waals surface area contributed by atoms with Crippen molar-refractivity contribution in [3.63, 3.8) is 0 Å². The van der Waals surface area contributed by atoms with Crippen molar-refractivity contribution in [2.75, 3.05) is 17.0 Å². The van der Waals surface area contributed by atoms with Crippen LogP contribution in [0.4, 0.5) is 15.8 Å². The Hall–Kier alpha value is -4.79. The lowest BCUT2D eigenvalue weighted by Gasteiger charge is -2.31. The molecule has 0 saturated carbocycles. The fraction of sp³-hybridized carbons (Fsp3) is 0.111. The van der Waals surface area contributed by atoms with E-state index in [0.29, 0.717) is 28.4 Å². The molecule has 0 spiro atoms. The number of hydrogen-bond donors (Lipinski definition) is 1. The van der Waals surface area contributed by atoms with Crippen LogP contribution >= 0.6 is 0 Å².